The van der Waals surface area contributed by atoms with Gasteiger partial charge in [0, 0.05) is 17.1 Å². The minimum atomic E-state index is -0.235. The van der Waals surface area contributed by atoms with Crippen molar-refractivity contribution in [2.75, 3.05) is 6.54 Å². The molecule has 0 saturated heterocycles. The number of rotatable bonds is 5. The van der Waals surface area contributed by atoms with Gasteiger partial charge in [0.15, 0.2) is 0 Å². The van der Waals surface area contributed by atoms with Gasteiger partial charge in [-0.05, 0) is 20.3 Å². The second kappa shape index (κ2) is 5.75. The molecule has 0 aromatic heterocycles. The summed E-state index contributed by atoms with van der Waals surface area (Å²) in [5.74, 6) is 0. The Morgan fingerprint density at radius 3 is 2.55 bits per heavy atom. The van der Waals surface area contributed by atoms with E-state index in [4.69, 9.17) is 5.11 Å². The quantitative estimate of drug-likeness (QED) is 0.741. The Hall–Kier alpha value is 0.140. The molecule has 0 heterocycles. The Bertz CT molecular complexity index is 125. The monoisotopic (exact) mass is 221 g/mol. The molecule has 2 N–H and O–H groups in total. The molecule has 0 aliphatic rings. The SMILES string of the molecule is C=C(Br)CNC(C)CC(C)O. The van der Waals surface area contributed by atoms with Gasteiger partial charge in [-0.3, -0.25) is 0 Å². The van der Waals surface area contributed by atoms with Crippen molar-refractivity contribution in [3.05, 3.63) is 11.1 Å². The average Bonchev–Trinajstić information content (AvgIpc) is 1.82. The Morgan fingerprint density at radius 2 is 2.18 bits per heavy atom. The summed E-state index contributed by atoms with van der Waals surface area (Å²) in [6.45, 7) is 8.29. The predicted molar refractivity (Wildman–Crippen MR) is 51.8 cm³/mol. The summed E-state index contributed by atoms with van der Waals surface area (Å²) in [4.78, 5) is 0. The lowest BCUT2D eigenvalue weighted by molar-refractivity contribution is 0.171. The minimum absolute atomic E-state index is 0.235. The van der Waals surface area contributed by atoms with Gasteiger partial charge in [0.1, 0.15) is 0 Å². The molecule has 0 fully saturated rings. The molecule has 0 spiro atoms. The molecule has 0 aliphatic heterocycles. The van der Waals surface area contributed by atoms with Crippen LogP contribution in [0.2, 0.25) is 0 Å². The van der Waals surface area contributed by atoms with Gasteiger partial charge in [0.05, 0.1) is 6.10 Å². The topological polar surface area (TPSA) is 32.3 Å². The third-order valence-electron chi connectivity index (χ3n) is 1.34. The Balaban J connectivity index is 3.37. The van der Waals surface area contributed by atoms with Crippen LogP contribution in [0, 0.1) is 0 Å². The number of hydrogen-bond donors (Lipinski definition) is 2. The van der Waals surface area contributed by atoms with Gasteiger partial charge in [-0.1, -0.05) is 22.5 Å². The number of aliphatic hydroxyl groups is 1. The van der Waals surface area contributed by atoms with E-state index < -0.39 is 0 Å². The number of hydrogen-bond acceptors (Lipinski definition) is 2. The molecule has 0 aliphatic carbocycles. The second-order valence-corrected chi connectivity index (χ2v) is 4.01. The summed E-state index contributed by atoms with van der Waals surface area (Å²) in [5.41, 5.74) is 0. The highest BCUT2D eigenvalue weighted by molar-refractivity contribution is 9.11. The van der Waals surface area contributed by atoms with Crippen molar-refractivity contribution in [1.29, 1.82) is 0 Å². The molecule has 0 saturated carbocycles. The summed E-state index contributed by atoms with van der Waals surface area (Å²) in [7, 11) is 0. The smallest absolute Gasteiger partial charge is 0.0526 e. The van der Waals surface area contributed by atoms with E-state index in [1.807, 2.05) is 6.92 Å². The molecule has 0 aromatic rings. The van der Waals surface area contributed by atoms with Crippen LogP contribution in [0.3, 0.4) is 0 Å². The first kappa shape index (κ1) is 11.1. The van der Waals surface area contributed by atoms with Crippen molar-refractivity contribution in [3.63, 3.8) is 0 Å². The number of halogens is 1. The maximum Gasteiger partial charge on any atom is 0.0526 e. The molecular weight excluding hydrogens is 206 g/mol. The summed E-state index contributed by atoms with van der Waals surface area (Å²) in [6, 6.07) is 0.337. The molecule has 11 heavy (non-hydrogen) atoms. The molecule has 3 heteroatoms. The summed E-state index contributed by atoms with van der Waals surface area (Å²) >= 11 is 3.25. The van der Waals surface area contributed by atoms with Gasteiger partial charge in [0.2, 0.25) is 0 Å². The molecule has 66 valence electrons. The fourth-order valence-electron chi connectivity index (χ4n) is 0.880. The maximum absolute atomic E-state index is 9.01. The lowest BCUT2D eigenvalue weighted by atomic mass is 10.1. The van der Waals surface area contributed by atoms with Crippen molar-refractivity contribution >= 4 is 15.9 Å². The zero-order chi connectivity index (χ0) is 8.85. The third kappa shape index (κ3) is 8.04. The van der Waals surface area contributed by atoms with Crippen LogP contribution in [0.25, 0.3) is 0 Å². The molecule has 0 bridgehead atoms. The highest BCUT2D eigenvalue weighted by atomic mass is 79.9. The standard InChI is InChI=1S/C8H16BrNO/c1-6(9)5-10-7(2)4-8(3)11/h7-8,10-11H,1,4-5H2,2-3H3. The van der Waals surface area contributed by atoms with E-state index in [1.54, 1.807) is 6.92 Å². The van der Waals surface area contributed by atoms with E-state index in [0.29, 0.717) is 6.04 Å². The van der Waals surface area contributed by atoms with Crippen LogP contribution in [0.15, 0.2) is 11.1 Å². The first-order valence-electron chi connectivity index (χ1n) is 3.77. The van der Waals surface area contributed by atoms with Gasteiger partial charge >= 0.3 is 0 Å². The van der Waals surface area contributed by atoms with Crippen LogP contribution >= 0.6 is 15.9 Å². The van der Waals surface area contributed by atoms with Crippen molar-refractivity contribution in [2.45, 2.75) is 32.4 Å². The lowest BCUT2D eigenvalue weighted by Crippen LogP contribution is -2.29. The van der Waals surface area contributed by atoms with Crippen LogP contribution < -0.4 is 5.32 Å². The fourth-order valence-corrected chi connectivity index (χ4v) is 1.04. The van der Waals surface area contributed by atoms with Gasteiger partial charge in [0.25, 0.3) is 0 Å². The Kier molecular flexibility index (Phi) is 5.82. The molecule has 0 rings (SSSR count). The zero-order valence-electron chi connectivity index (χ0n) is 7.10. The summed E-state index contributed by atoms with van der Waals surface area (Å²) in [5, 5.41) is 12.2. The van der Waals surface area contributed by atoms with Crippen molar-refractivity contribution in [3.8, 4) is 0 Å². The molecule has 2 nitrogen and oxygen atoms in total. The number of nitrogens with one attached hydrogen (secondary N) is 1. The molecule has 2 unspecified atom stereocenters. The Morgan fingerprint density at radius 1 is 1.64 bits per heavy atom. The second-order valence-electron chi connectivity index (χ2n) is 2.88. The molecule has 0 radical (unpaired) electrons. The average molecular weight is 222 g/mol. The van der Waals surface area contributed by atoms with E-state index in [2.05, 4.69) is 27.8 Å². The summed E-state index contributed by atoms with van der Waals surface area (Å²) in [6.07, 6.45) is 0.543. The largest absolute Gasteiger partial charge is 0.393 e. The van der Waals surface area contributed by atoms with Crippen molar-refractivity contribution < 1.29 is 5.11 Å². The normalized spacial score (nSPS) is 16.0. The van der Waals surface area contributed by atoms with Gasteiger partial charge < -0.3 is 10.4 Å². The van der Waals surface area contributed by atoms with Crippen LogP contribution in [0.1, 0.15) is 20.3 Å². The van der Waals surface area contributed by atoms with Crippen LogP contribution in [-0.4, -0.2) is 23.8 Å². The van der Waals surface area contributed by atoms with Crippen LogP contribution in [-0.2, 0) is 0 Å². The first-order valence-corrected chi connectivity index (χ1v) is 4.56. The van der Waals surface area contributed by atoms with E-state index in [9.17, 15) is 0 Å². The minimum Gasteiger partial charge on any atom is -0.393 e. The molecule has 0 aromatic carbocycles. The Labute approximate surface area is 76.8 Å². The highest BCUT2D eigenvalue weighted by Gasteiger charge is 2.04. The van der Waals surface area contributed by atoms with Gasteiger partial charge in [-0.15, -0.1) is 0 Å². The fraction of sp³-hybridized carbons (Fsp3) is 0.750. The van der Waals surface area contributed by atoms with Crippen molar-refractivity contribution in [1.82, 2.24) is 5.32 Å². The van der Waals surface area contributed by atoms with E-state index in [0.717, 1.165) is 17.4 Å². The molecule has 2 atom stereocenters. The zero-order valence-corrected chi connectivity index (χ0v) is 8.69. The lowest BCUT2D eigenvalue weighted by Gasteiger charge is -2.14. The van der Waals surface area contributed by atoms with Crippen LogP contribution in [0.5, 0.6) is 0 Å². The van der Waals surface area contributed by atoms with Gasteiger partial charge in [-0.25, -0.2) is 0 Å². The third-order valence-corrected chi connectivity index (χ3v) is 1.62. The maximum atomic E-state index is 9.01. The predicted octanol–water partition coefficient (Wildman–Crippen LogP) is 1.64. The van der Waals surface area contributed by atoms with E-state index >= 15 is 0 Å². The van der Waals surface area contributed by atoms with Gasteiger partial charge in [-0.2, -0.15) is 0 Å². The highest BCUT2D eigenvalue weighted by Crippen LogP contribution is 2.00. The van der Waals surface area contributed by atoms with Crippen LogP contribution in [0.4, 0.5) is 0 Å². The van der Waals surface area contributed by atoms with E-state index in [1.165, 1.54) is 0 Å². The van der Waals surface area contributed by atoms with Crippen molar-refractivity contribution in [2.24, 2.45) is 0 Å². The molecular formula is C8H16BrNO. The summed E-state index contributed by atoms with van der Waals surface area (Å²) < 4.78 is 0.940. The first-order chi connectivity index (χ1) is 5.02. The van der Waals surface area contributed by atoms with E-state index in [-0.39, 0.29) is 6.10 Å². The number of aliphatic hydroxyl groups excluding tert-OH is 1. The molecule has 0 amide bonds.